The Morgan fingerprint density at radius 3 is 3.00 bits per heavy atom. The lowest BCUT2D eigenvalue weighted by Crippen LogP contribution is -2.51. The van der Waals surface area contributed by atoms with Gasteiger partial charge in [0.2, 0.25) is 5.91 Å². The van der Waals surface area contributed by atoms with E-state index in [0.29, 0.717) is 6.42 Å². The van der Waals surface area contributed by atoms with Crippen LogP contribution in [0.5, 0.6) is 0 Å². The van der Waals surface area contributed by atoms with Crippen LogP contribution >= 0.6 is 0 Å². The van der Waals surface area contributed by atoms with Gasteiger partial charge in [-0.2, -0.15) is 0 Å². The van der Waals surface area contributed by atoms with Gasteiger partial charge in [0.25, 0.3) is 0 Å². The van der Waals surface area contributed by atoms with Crippen molar-refractivity contribution in [2.45, 2.75) is 57.0 Å². The first-order chi connectivity index (χ1) is 7.05. The Balaban J connectivity index is 1.79. The Bertz CT molecular complexity index is 304. The van der Waals surface area contributed by atoms with E-state index >= 15 is 0 Å². The van der Waals surface area contributed by atoms with Gasteiger partial charge in [-0.1, -0.05) is 0 Å². The van der Waals surface area contributed by atoms with Gasteiger partial charge in [0.05, 0.1) is 12.1 Å². The highest BCUT2D eigenvalue weighted by Crippen LogP contribution is 2.39. The van der Waals surface area contributed by atoms with Gasteiger partial charge in [0, 0.05) is 6.42 Å². The lowest BCUT2D eigenvalue weighted by molar-refractivity contribution is -0.209. The number of hydrogen-bond donors (Lipinski definition) is 1. The molecule has 4 atom stereocenters. The fourth-order valence-corrected chi connectivity index (χ4v) is 2.53. The molecule has 0 aliphatic carbocycles. The van der Waals surface area contributed by atoms with Gasteiger partial charge in [0.15, 0.2) is 12.1 Å². The maximum atomic E-state index is 11.3. The Morgan fingerprint density at radius 1 is 1.40 bits per heavy atom. The molecule has 5 nitrogen and oxygen atoms in total. The summed E-state index contributed by atoms with van der Waals surface area (Å²) in [5, 5.41) is 2.92. The van der Waals surface area contributed by atoms with E-state index in [0.717, 1.165) is 6.42 Å². The number of rotatable bonds is 0. The Morgan fingerprint density at radius 2 is 2.20 bits per heavy atom. The molecule has 0 aromatic rings. The van der Waals surface area contributed by atoms with Crippen LogP contribution in [0.2, 0.25) is 0 Å². The second-order valence-corrected chi connectivity index (χ2v) is 4.78. The van der Waals surface area contributed by atoms with Gasteiger partial charge in [-0.3, -0.25) is 4.79 Å². The zero-order valence-electron chi connectivity index (χ0n) is 8.86. The van der Waals surface area contributed by atoms with Crippen LogP contribution in [-0.2, 0) is 19.0 Å². The zero-order valence-corrected chi connectivity index (χ0v) is 8.86. The molecule has 1 amide bonds. The molecule has 84 valence electrons. The van der Waals surface area contributed by atoms with Gasteiger partial charge in [-0.25, -0.2) is 0 Å². The van der Waals surface area contributed by atoms with Crippen molar-refractivity contribution in [1.29, 1.82) is 0 Å². The van der Waals surface area contributed by atoms with E-state index in [9.17, 15) is 4.79 Å². The van der Waals surface area contributed by atoms with Gasteiger partial charge >= 0.3 is 0 Å². The molecule has 1 N–H and O–H groups in total. The molecule has 0 unspecified atom stereocenters. The summed E-state index contributed by atoms with van der Waals surface area (Å²) in [6, 6.07) is -0.0435. The average Bonchev–Trinajstić information content (AvgIpc) is 2.58. The van der Waals surface area contributed by atoms with E-state index in [-0.39, 0.29) is 30.4 Å². The number of amides is 1. The topological polar surface area (TPSA) is 56.8 Å². The molecule has 0 aromatic carbocycles. The molecule has 3 rings (SSSR count). The summed E-state index contributed by atoms with van der Waals surface area (Å²) in [7, 11) is 0. The van der Waals surface area contributed by atoms with Crippen LogP contribution in [0.15, 0.2) is 0 Å². The van der Waals surface area contributed by atoms with E-state index < -0.39 is 5.79 Å². The van der Waals surface area contributed by atoms with E-state index in [1.165, 1.54) is 0 Å². The number of nitrogens with one attached hydrogen (secondary N) is 1. The third kappa shape index (κ3) is 1.46. The number of carbonyl (C=O) groups excluding carboxylic acids is 1. The molecule has 15 heavy (non-hydrogen) atoms. The van der Waals surface area contributed by atoms with Crippen molar-refractivity contribution in [2.24, 2.45) is 0 Å². The molecule has 0 saturated carbocycles. The molecule has 3 aliphatic rings. The van der Waals surface area contributed by atoms with E-state index in [2.05, 4.69) is 5.32 Å². The predicted molar refractivity (Wildman–Crippen MR) is 49.9 cm³/mol. The highest BCUT2D eigenvalue weighted by atomic mass is 16.8. The number of fused-ring (bicyclic) bond motifs is 3. The van der Waals surface area contributed by atoms with Crippen LogP contribution in [0, 0.1) is 0 Å². The van der Waals surface area contributed by atoms with E-state index in [1.54, 1.807) is 0 Å². The van der Waals surface area contributed by atoms with Crippen molar-refractivity contribution >= 4 is 5.91 Å². The number of carbonyl (C=O) groups is 1. The Kier molecular flexibility index (Phi) is 1.87. The minimum atomic E-state index is -0.609. The van der Waals surface area contributed by atoms with Crippen molar-refractivity contribution in [1.82, 2.24) is 5.32 Å². The fourth-order valence-electron chi connectivity index (χ4n) is 2.53. The standard InChI is InChI=1S/C10H15NO4/c1-10(2)14-8-7-5(13-9(8)15-10)3-4-6(12)11-7/h5,7-9H,3-4H2,1-2H3,(H,11,12)/t5-,7+,8-,9-/m1/s1. The lowest BCUT2D eigenvalue weighted by atomic mass is 9.99. The van der Waals surface area contributed by atoms with Gasteiger partial charge in [-0.05, 0) is 20.3 Å². The molecule has 5 heteroatoms. The van der Waals surface area contributed by atoms with Crippen molar-refractivity contribution in [3.63, 3.8) is 0 Å². The maximum Gasteiger partial charge on any atom is 0.220 e. The zero-order chi connectivity index (χ0) is 10.6. The van der Waals surface area contributed by atoms with Crippen molar-refractivity contribution < 1.29 is 19.0 Å². The van der Waals surface area contributed by atoms with Crippen molar-refractivity contribution in [3.05, 3.63) is 0 Å². The highest BCUT2D eigenvalue weighted by Gasteiger charge is 2.55. The first-order valence-electron chi connectivity index (χ1n) is 5.36. The lowest BCUT2D eigenvalue weighted by Gasteiger charge is -2.29. The fraction of sp³-hybridized carbons (Fsp3) is 0.900. The SMILES string of the molecule is CC1(C)O[C@H]2O[C@@H]3CCC(=O)N[C@@H]3[C@H]2O1. The molecule has 3 fully saturated rings. The smallest absolute Gasteiger partial charge is 0.220 e. The summed E-state index contributed by atoms with van der Waals surface area (Å²) < 4.78 is 17.0. The number of hydrogen-bond acceptors (Lipinski definition) is 4. The molecular weight excluding hydrogens is 198 g/mol. The van der Waals surface area contributed by atoms with Crippen LogP contribution in [-0.4, -0.2) is 36.2 Å². The van der Waals surface area contributed by atoms with Gasteiger partial charge < -0.3 is 19.5 Å². The molecule has 0 radical (unpaired) electrons. The van der Waals surface area contributed by atoms with Crippen LogP contribution < -0.4 is 5.32 Å². The summed E-state index contributed by atoms with van der Waals surface area (Å²) >= 11 is 0. The quantitative estimate of drug-likeness (QED) is 0.622. The Labute approximate surface area is 88.1 Å². The van der Waals surface area contributed by atoms with Crippen LogP contribution in [0.3, 0.4) is 0 Å². The number of ether oxygens (including phenoxy) is 3. The second kappa shape index (κ2) is 2.93. The van der Waals surface area contributed by atoms with Gasteiger partial charge in [0.1, 0.15) is 6.10 Å². The third-order valence-corrected chi connectivity index (χ3v) is 3.14. The molecule has 3 aliphatic heterocycles. The monoisotopic (exact) mass is 213 g/mol. The predicted octanol–water partition coefficient (Wildman–Crippen LogP) is 0.141. The largest absolute Gasteiger partial charge is 0.348 e. The third-order valence-electron chi connectivity index (χ3n) is 3.14. The van der Waals surface area contributed by atoms with E-state index in [4.69, 9.17) is 14.2 Å². The summed E-state index contributed by atoms with van der Waals surface area (Å²) in [6.07, 6.45) is 0.858. The van der Waals surface area contributed by atoms with E-state index in [1.807, 2.05) is 13.8 Å². The second-order valence-electron chi connectivity index (χ2n) is 4.78. The van der Waals surface area contributed by atoms with Crippen LogP contribution in [0.4, 0.5) is 0 Å². The summed E-state index contributed by atoms with van der Waals surface area (Å²) in [5.74, 6) is -0.531. The molecule has 3 saturated heterocycles. The van der Waals surface area contributed by atoms with Crippen LogP contribution in [0.1, 0.15) is 26.7 Å². The first-order valence-corrected chi connectivity index (χ1v) is 5.36. The molecular formula is C10H15NO4. The first kappa shape index (κ1) is 9.57. The van der Waals surface area contributed by atoms with Crippen molar-refractivity contribution in [3.8, 4) is 0 Å². The molecule has 3 heterocycles. The number of piperidine rings is 1. The molecule has 0 aromatic heterocycles. The summed E-state index contributed by atoms with van der Waals surface area (Å²) in [6.45, 7) is 3.71. The maximum absolute atomic E-state index is 11.3. The van der Waals surface area contributed by atoms with Crippen LogP contribution in [0.25, 0.3) is 0 Å². The minimum Gasteiger partial charge on any atom is -0.348 e. The van der Waals surface area contributed by atoms with Crippen molar-refractivity contribution in [2.75, 3.05) is 0 Å². The molecule has 0 spiro atoms. The Hall–Kier alpha value is -0.650. The normalized spacial score (nSPS) is 47.2. The minimum absolute atomic E-state index is 0.0435. The summed E-state index contributed by atoms with van der Waals surface area (Å²) in [5.41, 5.74) is 0. The average molecular weight is 213 g/mol. The molecule has 0 bridgehead atoms. The van der Waals surface area contributed by atoms with Gasteiger partial charge in [-0.15, -0.1) is 0 Å². The summed E-state index contributed by atoms with van der Waals surface area (Å²) in [4.78, 5) is 11.3. The highest BCUT2D eigenvalue weighted by molar-refractivity contribution is 5.77.